The second-order valence-corrected chi connectivity index (χ2v) is 6.13. The largest absolute Gasteiger partial charge is 0.466 e. The minimum absolute atomic E-state index is 0.116. The van der Waals surface area contributed by atoms with E-state index >= 15 is 0 Å². The van der Waals surface area contributed by atoms with Gasteiger partial charge in [-0.1, -0.05) is 24.3 Å². The van der Waals surface area contributed by atoms with Gasteiger partial charge in [0.2, 0.25) is 0 Å². The minimum atomic E-state index is -0.664. The van der Waals surface area contributed by atoms with Crippen LogP contribution in [0.1, 0.15) is 31.4 Å². The highest BCUT2D eigenvalue weighted by Gasteiger charge is 2.36. The molecule has 1 aliphatic heterocycles. The molecule has 7 nitrogen and oxygen atoms in total. The SMILES string of the molecule is CCOC(=O)CCN(C)C(=O)N1Cc2ccccc2CC1C(=O)OCC. The smallest absolute Gasteiger partial charge is 0.329 e. The number of nitrogens with zero attached hydrogens (tertiary/aromatic N) is 2. The summed E-state index contributed by atoms with van der Waals surface area (Å²) in [6.45, 7) is 4.61. The average molecular weight is 362 g/mol. The van der Waals surface area contributed by atoms with E-state index in [9.17, 15) is 14.4 Å². The Kier molecular flexibility index (Phi) is 7.00. The van der Waals surface area contributed by atoms with Crippen LogP contribution in [-0.2, 0) is 32.0 Å². The third-order valence-electron chi connectivity index (χ3n) is 4.34. The molecule has 2 rings (SSSR count). The van der Waals surface area contributed by atoms with Crippen molar-refractivity contribution in [2.75, 3.05) is 26.8 Å². The van der Waals surface area contributed by atoms with Crippen molar-refractivity contribution in [2.24, 2.45) is 0 Å². The Labute approximate surface area is 153 Å². The monoisotopic (exact) mass is 362 g/mol. The van der Waals surface area contributed by atoms with Gasteiger partial charge in [-0.15, -0.1) is 0 Å². The van der Waals surface area contributed by atoms with Gasteiger partial charge in [-0.05, 0) is 25.0 Å². The van der Waals surface area contributed by atoms with Crippen LogP contribution < -0.4 is 0 Å². The van der Waals surface area contributed by atoms with E-state index in [1.807, 2.05) is 24.3 Å². The standard InChI is InChI=1S/C19H26N2O5/c1-4-25-17(22)10-11-20(3)19(24)21-13-15-9-7-6-8-14(15)12-16(21)18(23)26-5-2/h6-9,16H,4-5,10-13H2,1-3H3. The Balaban J connectivity index is 2.13. The molecule has 0 radical (unpaired) electrons. The third kappa shape index (κ3) is 4.74. The molecule has 0 bridgehead atoms. The lowest BCUT2D eigenvalue weighted by atomic mass is 9.94. The Morgan fingerprint density at radius 3 is 2.42 bits per heavy atom. The second-order valence-electron chi connectivity index (χ2n) is 6.13. The van der Waals surface area contributed by atoms with Crippen LogP contribution in [0, 0.1) is 0 Å². The fraction of sp³-hybridized carbons (Fsp3) is 0.526. The summed E-state index contributed by atoms with van der Waals surface area (Å²) in [5.41, 5.74) is 2.06. The van der Waals surface area contributed by atoms with Crippen molar-refractivity contribution in [1.29, 1.82) is 0 Å². The van der Waals surface area contributed by atoms with Crippen molar-refractivity contribution in [2.45, 2.75) is 39.3 Å². The minimum Gasteiger partial charge on any atom is -0.466 e. The first-order chi connectivity index (χ1) is 12.5. The summed E-state index contributed by atoms with van der Waals surface area (Å²) in [7, 11) is 1.62. The number of ether oxygens (including phenoxy) is 2. The Hall–Kier alpha value is -2.57. The van der Waals surface area contributed by atoms with Crippen molar-refractivity contribution in [1.82, 2.24) is 9.80 Å². The summed E-state index contributed by atoms with van der Waals surface area (Å²) in [6, 6.07) is 6.79. The molecule has 0 spiro atoms. The molecular formula is C19H26N2O5. The van der Waals surface area contributed by atoms with E-state index in [0.29, 0.717) is 19.6 Å². The number of hydrogen-bond acceptors (Lipinski definition) is 5. The van der Waals surface area contributed by atoms with Gasteiger partial charge in [-0.3, -0.25) is 4.79 Å². The molecular weight excluding hydrogens is 336 g/mol. The molecule has 0 saturated carbocycles. The molecule has 1 unspecified atom stereocenters. The van der Waals surface area contributed by atoms with Crippen LogP contribution in [0.4, 0.5) is 4.79 Å². The number of fused-ring (bicyclic) bond motifs is 1. The lowest BCUT2D eigenvalue weighted by Crippen LogP contribution is -2.53. The van der Waals surface area contributed by atoms with Gasteiger partial charge >= 0.3 is 18.0 Å². The first-order valence-electron chi connectivity index (χ1n) is 8.88. The van der Waals surface area contributed by atoms with E-state index in [0.717, 1.165) is 11.1 Å². The summed E-state index contributed by atoms with van der Waals surface area (Å²) < 4.78 is 10.1. The van der Waals surface area contributed by atoms with Crippen molar-refractivity contribution >= 4 is 18.0 Å². The third-order valence-corrected chi connectivity index (χ3v) is 4.34. The second kappa shape index (κ2) is 9.22. The molecule has 1 heterocycles. The number of amides is 2. The first kappa shape index (κ1) is 19.8. The maximum absolute atomic E-state index is 12.9. The first-order valence-corrected chi connectivity index (χ1v) is 8.88. The van der Waals surface area contributed by atoms with Gasteiger partial charge in [-0.25, -0.2) is 9.59 Å². The predicted octanol–water partition coefficient (Wildman–Crippen LogP) is 1.98. The van der Waals surface area contributed by atoms with E-state index in [1.165, 1.54) is 9.80 Å². The fourth-order valence-corrected chi connectivity index (χ4v) is 2.98. The summed E-state index contributed by atoms with van der Waals surface area (Å²) in [4.78, 5) is 39.8. The van der Waals surface area contributed by atoms with Gasteiger partial charge in [0.05, 0.1) is 19.6 Å². The zero-order valence-electron chi connectivity index (χ0n) is 15.6. The van der Waals surface area contributed by atoms with Crippen molar-refractivity contribution in [3.05, 3.63) is 35.4 Å². The molecule has 1 atom stereocenters. The molecule has 2 amide bonds. The number of esters is 2. The highest BCUT2D eigenvalue weighted by atomic mass is 16.5. The van der Waals surface area contributed by atoms with Crippen LogP contribution in [-0.4, -0.2) is 60.6 Å². The Morgan fingerprint density at radius 1 is 1.12 bits per heavy atom. The molecule has 0 fully saturated rings. The van der Waals surface area contributed by atoms with Crippen LogP contribution >= 0.6 is 0 Å². The topological polar surface area (TPSA) is 76.2 Å². The summed E-state index contributed by atoms with van der Waals surface area (Å²) in [5, 5.41) is 0. The van der Waals surface area contributed by atoms with Crippen molar-refractivity contribution in [3.8, 4) is 0 Å². The number of urea groups is 1. The van der Waals surface area contributed by atoms with Gasteiger partial charge in [0.15, 0.2) is 0 Å². The Bertz CT molecular complexity index is 661. The molecule has 142 valence electrons. The molecule has 26 heavy (non-hydrogen) atoms. The average Bonchev–Trinajstić information content (AvgIpc) is 2.64. The molecule has 0 N–H and O–H groups in total. The molecule has 0 aromatic heterocycles. The van der Waals surface area contributed by atoms with Crippen LogP contribution in [0.3, 0.4) is 0 Å². The summed E-state index contributed by atoms with van der Waals surface area (Å²) in [6.07, 6.45) is 0.539. The van der Waals surface area contributed by atoms with Gasteiger partial charge in [-0.2, -0.15) is 0 Å². The van der Waals surface area contributed by atoms with E-state index in [2.05, 4.69) is 0 Å². The fourth-order valence-electron chi connectivity index (χ4n) is 2.98. The molecule has 0 saturated heterocycles. The van der Waals surface area contributed by atoms with E-state index < -0.39 is 12.0 Å². The molecule has 0 aliphatic carbocycles. The maximum atomic E-state index is 12.9. The highest BCUT2D eigenvalue weighted by molar-refractivity contribution is 5.85. The van der Waals surface area contributed by atoms with Crippen molar-refractivity contribution in [3.63, 3.8) is 0 Å². The Morgan fingerprint density at radius 2 is 1.77 bits per heavy atom. The van der Waals surface area contributed by atoms with Crippen molar-refractivity contribution < 1.29 is 23.9 Å². The molecule has 1 aliphatic rings. The van der Waals surface area contributed by atoms with Gasteiger partial charge in [0, 0.05) is 26.6 Å². The number of benzene rings is 1. The normalized spacial score (nSPS) is 15.8. The van der Waals surface area contributed by atoms with Crippen LogP contribution in [0.5, 0.6) is 0 Å². The number of hydrogen-bond donors (Lipinski definition) is 0. The van der Waals surface area contributed by atoms with E-state index in [1.54, 1.807) is 20.9 Å². The zero-order valence-corrected chi connectivity index (χ0v) is 15.6. The number of carbonyl (C=O) groups is 3. The summed E-state index contributed by atoms with van der Waals surface area (Å²) in [5.74, 6) is -0.757. The van der Waals surface area contributed by atoms with Gasteiger partial charge in [0.25, 0.3) is 0 Å². The lowest BCUT2D eigenvalue weighted by molar-refractivity contribution is -0.149. The number of carbonyl (C=O) groups excluding carboxylic acids is 3. The molecule has 1 aromatic carbocycles. The quantitative estimate of drug-likeness (QED) is 0.723. The van der Waals surface area contributed by atoms with E-state index in [4.69, 9.17) is 9.47 Å². The van der Waals surface area contributed by atoms with Crippen LogP contribution in [0.15, 0.2) is 24.3 Å². The predicted molar refractivity (Wildman–Crippen MR) is 95.4 cm³/mol. The highest BCUT2D eigenvalue weighted by Crippen LogP contribution is 2.25. The van der Waals surface area contributed by atoms with Crippen LogP contribution in [0.2, 0.25) is 0 Å². The lowest BCUT2D eigenvalue weighted by Gasteiger charge is -2.37. The molecule has 7 heteroatoms. The molecule has 1 aromatic rings. The van der Waals surface area contributed by atoms with Gasteiger partial charge < -0.3 is 19.3 Å². The number of rotatable bonds is 6. The van der Waals surface area contributed by atoms with Crippen LogP contribution in [0.25, 0.3) is 0 Å². The summed E-state index contributed by atoms with van der Waals surface area (Å²) >= 11 is 0. The van der Waals surface area contributed by atoms with E-state index in [-0.39, 0.29) is 31.6 Å². The maximum Gasteiger partial charge on any atom is 0.329 e. The zero-order chi connectivity index (χ0) is 19.1. The van der Waals surface area contributed by atoms with Gasteiger partial charge in [0.1, 0.15) is 6.04 Å².